The fourth-order valence-corrected chi connectivity index (χ4v) is 2.08. The van der Waals surface area contributed by atoms with E-state index in [1.165, 1.54) is 0 Å². The lowest BCUT2D eigenvalue weighted by Gasteiger charge is -2.40. The number of methoxy groups -OCH3 is 2. The van der Waals surface area contributed by atoms with Crippen LogP contribution in [0.2, 0.25) is 0 Å². The summed E-state index contributed by atoms with van der Waals surface area (Å²) in [5.41, 5.74) is -0.605. The maximum absolute atomic E-state index is 11.8. The first-order chi connectivity index (χ1) is 8.83. The molecule has 0 aliphatic carbocycles. The topological polar surface area (TPSA) is 48.0 Å². The molecule has 19 heavy (non-hydrogen) atoms. The first-order valence-corrected chi connectivity index (χ1v) is 6.84. The summed E-state index contributed by atoms with van der Waals surface area (Å²) in [5.74, 6) is -0.186. The minimum absolute atomic E-state index is 0.138. The van der Waals surface area contributed by atoms with Crippen LogP contribution in [-0.4, -0.2) is 50.5 Å². The number of carbonyl (C=O) groups excluding carboxylic acids is 1. The third-order valence-electron chi connectivity index (χ3n) is 3.65. The maximum Gasteiger partial charge on any atom is 0.330 e. The minimum atomic E-state index is -0.466. The smallest absolute Gasteiger partial charge is 0.330 e. The molecule has 5 nitrogen and oxygen atoms in total. The predicted octanol–water partition coefficient (Wildman–Crippen LogP) is 2.01. The summed E-state index contributed by atoms with van der Waals surface area (Å²) < 4.78 is 10.8. The molecule has 1 saturated heterocycles. The van der Waals surface area contributed by atoms with Gasteiger partial charge in [0.2, 0.25) is 0 Å². The number of nitrogens with zero attached hydrogens (tertiary/aromatic N) is 1. The van der Waals surface area contributed by atoms with E-state index in [0.29, 0.717) is 19.7 Å². The fraction of sp³-hybridized carbons (Fsp3) is 0.929. The molecule has 1 heterocycles. The Morgan fingerprint density at radius 1 is 1.21 bits per heavy atom. The molecule has 1 fully saturated rings. The van der Waals surface area contributed by atoms with Gasteiger partial charge in [-0.2, -0.15) is 0 Å². The molecule has 5 heteroatoms. The summed E-state index contributed by atoms with van der Waals surface area (Å²) in [6.45, 7) is 7.68. The van der Waals surface area contributed by atoms with E-state index in [1.807, 2.05) is 20.8 Å². The van der Waals surface area contributed by atoms with Crippen molar-refractivity contribution in [2.45, 2.75) is 45.6 Å². The first-order valence-electron chi connectivity index (χ1n) is 6.84. The van der Waals surface area contributed by atoms with E-state index >= 15 is 0 Å². The van der Waals surface area contributed by atoms with E-state index < -0.39 is 5.41 Å². The second-order valence-electron chi connectivity index (χ2n) is 6.19. The number of rotatable bonds is 5. The first kappa shape index (κ1) is 16.4. The summed E-state index contributed by atoms with van der Waals surface area (Å²) in [4.78, 5) is 17.2. The average Bonchev–Trinajstić information content (AvgIpc) is 2.37. The van der Waals surface area contributed by atoms with Crippen molar-refractivity contribution in [1.29, 1.82) is 0 Å². The van der Waals surface area contributed by atoms with E-state index in [1.54, 1.807) is 19.3 Å². The maximum atomic E-state index is 11.8. The number of carbonyl (C=O) groups is 1. The van der Waals surface area contributed by atoms with Gasteiger partial charge in [0.25, 0.3) is 0 Å². The van der Waals surface area contributed by atoms with Crippen LogP contribution in [0.25, 0.3) is 0 Å². The molecule has 0 aromatic heterocycles. The van der Waals surface area contributed by atoms with Crippen molar-refractivity contribution in [2.75, 3.05) is 33.9 Å². The van der Waals surface area contributed by atoms with Crippen LogP contribution in [0.1, 0.15) is 40.0 Å². The molecule has 1 aliphatic heterocycles. The van der Waals surface area contributed by atoms with Gasteiger partial charge in [-0.3, -0.25) is 0 Å². The van der Waals surface area contributed by atoms with Gasteiger partial charge in [0, 0.05) is 33.9 Å². The summed E-state index contributed by atoms with van der Waals surface area (Å²) in [6, 6.07) is 0. The standard InChI is InChI=1S/C14H27NO4/c1-13(2,3)12(16)19-15-9-6-14(18-5,7-10-15)8-11-17-4/h6-11H2,1-5H3. The molecular weight excluding hydrogens is 246 g/mol. The Labute approximate surface area is 116 Å². The van der Waals surface area contributed by atoms with E-state index in [0.717, 1.165) is 19.3 Å². The molecule has 0 atom stereocenters. The van der Waals surface area contributed by atoms with Gasteiger partial charge in [-0.25, -0.2) is 4.79 Å². The Hall–Kier alpha value is -0.650. The van der Waals surface area contributed by atoms with Crippen molar-refractivity contribution < 1.29 is 19.1 Å². The van der Waals surface area contributed by atoms with Crippen LogP contribution in [0.4, 0.5) is 0 Å². The molecule has 0 aromatic carbocycles. The van der Waals surface area contributed by atoms with Gasteiger partial charge < -0.3 is 14.3 Å². The van der Waals surface area contributed by atoms with Gasteiger partial charge in [0.1, 0.15) is 0 Å². The minimum Gasteiger partial charge on any atom is -0.385 e. The van der Waals surface area contributed by atoms with Gasteiger partial charge in [-0.15, -0.1) is 5.06 Å². The van der Waals surface area contributed by atoms with Crippen LogP contribution < -0.4 is 0 Å². The normalized spacial score (nSPS) is 20.3. The average molecular weight is 273 g/mol. The number of hydrogen-bond acceptors (Lipinski definition) is 5. The molecule has 0 bridgehead atoms. The van der Waals surface area contributed by atoms with Gasteiger partial charge in [0.15, 0.2) is 0 Å². The van der Waals surface area contributed by atoms with Gasteiger partial charge in [-0.05, 0) is 40.0 Å². The van der Waals surface area contributed by atoms with Crippen molar-refractivity contribution in [2.24, 2.45) is 5.41 Å². The zero-order chi connectivity index (χ0) is 14.5. The molecule has 0 spiro atoms. The second kappa shape index (κ2) is 6.68. The Balaban J connectivity index is 2.45. The third kappa shape index (κ3) is 4.75. The van der Waals surface area contributed by atoms with Gasteiger partial charge in [-0.1, -0.05) is 0 Å². The van der Waals surface area contributed by atoms with E-state index in [-0.39, 0.29) is 11.6 Å². The highest BCUT2D eigenvalue weighted by molar-refractivity contribution is 5.75. The summed E-state index contributed by atoms with van der Waals surface area (Å²) in [5, 5.41) is 1.75. The SMILES string of the molecule is COCCC1(OC)CCN(OC(=O)C(C)(C)C)CC1. The molecule has 0 saturated carbocycles. The molecule has 1 rings (SSSR count). The van der Waals surface area contributed by atoms with Crippen molar-refractivity contribution in [3.8, 4) is 0 Å². The fourth-order valence-electron chi connectivity index (χ4n) is 2.08. The van der Waals surface area contributed by atoms with Crippen LogP contribution >= 0.6 is 0 Å². The lowest BCUT2D eigenvalue weighted by molar-refractivity contribution is -0.216. The van der Waals surface area contributed by atoms with Crippen LogP contribution in [0.15, 0.2) is 0 Å². The number of hydroxylamine groups is 2. The van der Waals surface area contributed by atoms with Crippen LogP contribution in [-0.2, 0) is 19.1 Å². The number of piperidine rings is 1. The lowest BCUT2D eigenvalue weighted by Crippen LogP contribution is -2.47. The van der Waals surface area contributed by atoms with Crippen molar-refractivity contribution >= 4 is 5.97 Å². The largest absolute Gasteiger partial charge is 0.385 e. The van der Waals surface area contributed by atoms with E-state index in [9.17, 15) is 4.79 Å². The van der Waals surface area contributed by atoms with Crippen LogP contribution in [0.3, 0.4) is 0 Å². The van der Waals surface area contributed by atoms with Crippen molar-refractivity contribution in [1.82, 2.24) is 5.06 Å². The molecular formula is C14H27NO4. The highest BCUT2D eigenvalue weighted by Gasteiger charge is 2.36. The molecule has 0 amide bonds. The zero-order valence-electron chi connectivity index (χ0n) is 12.8. The Kier molecular flexibility index (Phi) is 5.77. The van der Waals surface area contributed by atoms with Crippen LogP contribution in [0, 0.1) is 5.41 Å². The lowest BCUT2D eigenvalue weighted by atomic mass is 9.89. The summed E-state index contributed by atoms with van der Waals surface area (Å²) in [6.07, 6.45) is 2.58. The molecule has 112 valence electrons. The molecule has 0 aromatic rings. The summed E-state index contributed by atoms with van der Waals surface area (Å²) >= 11 is 0. The van der Waals surface area contributed by atoms with Crippen molar-refractivity contribution in [3.05, 3.63) is 0 Å². The Bertz CT molecular complexity index is 290. The van der Waals surface area contributed by atoms with Crippen molar-refractivity contribution in [3.63, 3.8) is 0 Å². The van der Waals surface area contributed by atoms with Gasteiger partial charge >= 0.3 is 5.97 Å². The summed E-state index contributed by atoms with van der Waals surface area (Å²) in [7, 11) is 3.44. The van der Waals surface area contributed by atoms with Gasteiger partial charge in [0.05, 0.1) is 11.0 Å². The molecule has 1 aliphatic rings. The van der Waals surface area contributed by atoms with Crippen LogP contribution in [0.5, 0.6) is 0 Å². The van der Waals surface area contributed by atoms with E-state index in [4.69, 9.17) is 14.3 Å². The quantitative estimate of drug-likeness (QED) is 0.767. The number of hydrogen-bond donors (Lipinski definition) is 0. The highest BCUT2D eigenvalue weighted by Crippen LogP contribution is 2.30. The molecule has 0 unspecified atom stereocenters. The zero-order valence-corrected chi connectivity index (χ0v) is 12.8. The monoisotopic (exact) mass is 273 g/mol. The molecule has 0 radical (unpaired) electrons. The Morgan fingerprint density at radius 3 is 2.21 bits per heavy atom. The highest BCUT2D eigenvalue weighted by atomic mass is 16.7. The van der Waals surface area contributed by atoms with E-state index in [2.05, 4.69) is 0 Å². The third-order valence-corrected chi connectivity index (χ3v) is 3.65. The Morgan fingerprint density at radius 2 is 1.79 bits per heavy atom. The number of ether oxygens (including phenoxy) is 2. The second-order valence-corrected chi connectivity index (χ2v) is 6.19. The predicted molar refractivity (Wildman–Crippen MR) is 72.6 cm³/mol. The molecule has 0 N–H and O–H groups in total.